The lowest BCUT2D eigenvalue weighted by atomic mass is 9.86. The zero-order chi connectivity index (χ0) is 14.7. The second-order valence-electron chi connectivity index (χ2n) is 5.88. The van der Waals surface area contributed by atoms with Crippen LogP contribution in [0.3, 0.4) is 0 Å². The Morgan fingerprint density at radius 2 is 2.23 bits per heavy atom. The van der Waals surface area contributed by atoms with Gasteiger partial charge in [-0.1, -0.05) is 6.92 Å². The Bertz CT molecular complexity index is 474. The summed E-state index contributed by atoms with van der Waals surface area (Å²) in [6.07, 6.45) is 6.37. The number of nitrogens with one attached hydrogen (secondary N) is 1. The van der Waals surface area contributed by atoms with Crippen molar-refractivity contribution in [3.8, 4) is 0 Å². The molecule has 0 spiro atoms. The highest BCUT2D eigenvalue weighted by Gasteiger charge is 2.45. The van der Waals surface area contributed by atoms with Crippen LogP contribution in [0, 0.1) is 0 Å². The molecule has 3 heterocycles. The molecule has 124 valence electrons. The number of amides is 1. The topological polar surface area (TPSA) is 59.4 Å². The molecule has 1 atom stereocenters. The van der Waals surface area contributed by atoms with Crippen LogP contribution in [0.4, 0.5) is 0 Å². The van der Waals surface area contributed by atoms with E-state index in [1.54, 1.807) is 6.20 Å². The van der Waals surface area contributed by atoms with Crippen molar-refractivity contribution in [2.45, 2.75) is 37.8 Å². The first kappa shape index (κ1) is 17.2. The molecule has 1 unspecified atom stereocenters. The molecule has 0 aromatic carbocycles. The second-order valence-corrected chi connectivity index (χ2v) is 5.88. The maximum absolute atomic E-state index is 13.2. The monoisotopic (exact) mass is 328 g/mol. The zero-order valence-electron chi connectivity index (χ0n) is 13.0. The van der Waals surface area contributed by atoms with Gasteiger partial charge in [-0.3, -0.25) is 9.48 Å². The van der Waals surface area contributed by atoms with Crippen LogP contribution in [0.5, 0.6) is 0 Å². The minimum absolute atomic E-state index is 0. The molecule has 2 aliphatic heterocycles. The molecule has 7 heteroatoms. The molecule has 2 aliphatic rings. The van der Waals surface area contributed by atoms with Gasteiger partial charge in [0, 0.05) is 25.5 Å². The SMILES string of the molecule is CCC1CN(C(=O)C2(n3cccn3)CCNCC2)CCO1.Cl. The number of carbonyl (C=O) groups excluding carboxylic acids is 1. The summed E-state index contributed by atoms with van der Waals surface area (Å²) in [6.45, 7) is 5.84. The third-order valence-corrected chi connectivity index (χ3v) is 4.65. The zero-order valence-corrected chi connectivity index (χ0v) is 13.8. The summed E-state index contributed by atoms with van der Waals surface area (Å²) in [6, 6.07) is 1.89. The van der Waals surface area contributed by atoms with E-state index in [0.29, 0.717) is 19.7 Å². The Hall–Kier alpha value is -1.11. The van der Waals surface area contributed by atoms with E-state index in [9.17, 15) is 4.79 Å². The Balaban J connectivity index is 0.00000176. The number of piperidine rings is 1. The average Bonchev–Trinajstić information content (AvgIpc) is 3.10. The minimum atomic E-state index is -0.523. The van der Waals surface area contributed by atoms with E-state index in [-0.39, 0.29) is 24.4 Å². The first-order valence-corrected chi connectivity index (χ1v) is 7.88. The third-order valence-electron chi connectivity index (χ3n) is 4.65. The van der Waals surface area contributed by atoms with Crippen LogP contribution >= 0.6 is 12.4 Å². The molecule has 0 bridgehead atoms. The fraction of sp³-hybridized carbons (Fsp3) is 0.733. The normalized spacial score (nSPS) is 24.6. The van der Waals surface area contributed by atoms with Gasteiger partial charge in [-0.05, 0) is 38.4 Å². The molecule has 3 rings (SSSR count). The molecule has 1 N–H and O–H groups in total. The van der Waals surface area contributed by atoms with Crippen LogP contribution in [0.25, 0.3) is 0 Å². The molecule has 0 aliphatic carbocycles. The van der Waals surface area contributed by atoms with Crippen molar-refractivity contribution in [3.63, 3.8) is 0 Å². The number of nitrogens with zero attached hydrogens (tertiary/aromatic N) is 3. The van der Waals surface area contributed by atoms with Crippen LogP contribution in [-0.2, 0) is 15.1 Å². The third kappa shape index (κ3) is 3.14. The molecule has 0 radical (unpaired) electrons. The van der Waals surface area contributed by atoms with Gasteiger partial charge in [-0.15, -0.1) is 12.4 Å². The summed E-state index contributed by atoms with van der Waals surface area (Å²) in [4.78, 5) is 15.2. The summed E-state index contributed by atoms with van der Waals surface area (Å²) in [5.74, 6) is 0.203. The minimum Gasteiger partial charge on any atom is -0.375 e. The molecule has 1 aromatic rings. The van der Waals surface area contributed by atoms with Crippen molar-refractivity contribution in [2.24, 2.45) is 0 Å². The average molecular weight is 329 g/mol. The van der Waals surface area contributed by atoms with Crippen LogP contribution in [-0.4, -0.2) is 59.5 Å². The van der Waals surface area contributed by atoms with Crippen molar-refractivity contribution in [3.05, 3.63) is 18.5 Å². The van der Waals surface area contributed by atoms with E-state index in [1.807, 2.05) is 21.8 Å². The van der Waals surface area contributed by atoms with Crippen LogP contribution in [0.2, 0.25) is 0 Å². The number of hydrogen-bond acceptors (Lipinski definition) is 4. The Morgan fingerprint density at radius 1 is 1.45 bits per heavy atom. The standard InChI is InChI=1S/C15H24N4O2.ClH/c1-2-13-12-18(10-11-21-13)14(20)15(4-7-16-8-5-15)19-9-3-6-17-19;/h3,6,9,13,16H,2,4-5,7-8,10-12H2,1H3;1H. The van der Waals surface area contributed by atoms with Gasteiger partial charge in [-0.25, -0.2) is 0 Å². The lowest BCUT2D eigenvalue weighted by molar-refractivity contribution is -0.150. The van der Waals surface area contributed by atoms with Gasteiger partial charge in [0.15, 0.2) is 0 Å². The van der Waals surface area contributed by atoms with E-state index in [2.05, 4.69) is 17.3 Å². The lowest BCUT2D eigenvalue weighted by Gasteiger charge is -2.42. The number of morpholine rings is 1. The van der Waals surface area contributed by atoms with E-state index in [0.717, 1.165) is 32.4 Å². The quantitative estimate of drug-likeness (QED) is 0.900. The number of ether oxygens (including phenoxy) is 1. The molecule has 0 saturated carbocycles. The number of hydrogen-bond donors (Lipinski definition) is 1. The molecule has 6 nitrogen and oxygen atoms in total. The van der Waals surface area contributed by atoms with Crippen molar-refractivity contribution in [1.29, 1.82) is 0 Å². The highest BCUT2D eigenvalue weighted by atomic mass is 35.5. The highest BCUT2D eigenvalue weighted by Crippen LogP contribution is 2.30. The number of carbonyl (C=O) groups is 1. The summed E-state index contributed by atoms with van der Waals surface area (Å²) in [5, 5.41) is 7.72. The predicted molar refractivity (Wildman–Crippen MR) is 86.2 cm³/mol. The number of aromatic nitrogens is 2. The largest absolute Gasteiger partial charge is 0.375 e. The number of halogens is 1. The van der Waals surface area contributed by atoms with Gasteiger partial charge in [0.05, 0.1) is 12.7 Å². The summed E-state index contributed by atoms with van der Waals surface area (Å²) < 4.78 is 7.56. The molecule has 1 amide bonds. The smallest absolute Gasteiger partial charge is 0.250 e. The van der Waals surface area contributed by atoms with Gasteiger partial charge in [-0.2, -0.15) is 5.10 Å². The maximum Gasteiger partial charge on any atom is 0.250 e. The lowest BCUT2D eigenvalue weighted by Crippen LogP contribution is -2.58. The van der Waals surface area contributed by atoms with E-state index in [1.165, 1.54) is 0 Å². The second kappa shape index (κ2) is 7.44. The van der Waals surface area contributed by atoms with E-state index < -0.39 is 5.54 Å². The summed E-state index contributed by atoms with van der Waals surface area (Å²) in [5.41, 5.74) is -0.523. The Labute approximate surface area is 137 Å². The van der Waals surface area contributed by atoms with Crippen LogP contribution in [0.1, 0.15) is 26.2 Å². The molecule has 1 aromatic heterocycles. The van der Waals surface area contributed by atoms with Crippen LogP contribution in [0.15, 0.2) is 18.5 Å². The van der Waals surface area contributed by atoms with Gasteiger partial charge >= 0.3 is 0 Å². The van der Waals surface area contributed by atoms with Gasteiger partial charge in [0.25, 0.3) is 5.91 Å². The summed E-state index contributed by atoms with van der Waals surface area (Å²) in [7, 11) is 0. The van der Waals surface area contributed by atoms with Gasteiger partial charge in [0.1, 0.15) is 5.54 Å². The molecular formula is C15H25ClN4O2. The fourth-order valence-corrected chi connectivity index (χ4v) is 3.35. The van der Waals surface area contributed by atoms with E-state index in [4.69, 9.17) is 4.74 Å². The molecule has 22 heavy (non-hydrogen) atoms. The number of rotatable bonds is 3. The van der Waals surface area contributed by atoms with Crippen molar-refractivity contribution in [2.75, 3.05) is 32.8 Å². The highest BCUT2D eigenvalue weighted by molar-refractivity contribution is 5.85. The Kier molecular flexibility index (Phi) is 5.83. The first-order valence-electron chi connectivity index (χ1n) is 7.88. The van der Waals surface area contributed by atoms with Crippen molar-refractivity contribution in [1.82, 2.24) is 20.0 Å². The molecule has 2 saturated heterocycles. The first-order chi connectivity index (χ1) is 10.3. The molecular weight excluding hydrogens is 304 g/mol. The van der Waals surface area contributed by atoms with Gasteiger partial charge < -0.3 is 15.0 Å². The van der Waals surface area contributed by atoms with Crippen molar-refractivity contribution >= 4 is 18.3 Å². The fourth-order valence-electron chi connectivity index (χ4n) is 3.35. The Morgan fingerprint density at radius 3 is 2.86 bits per heavy atom. The van der Waals surface area contributed by atoms with E-state index >= 15 is 0 Å². The molecule has 2 fully saturated rings. The van der Waals surface area contributed by atoms with Crippen LogP contribution < -0.4 is 5.32 Å². The van der Waals surface area contributed by atoms with Gasteiger partial charge in [0.2, 0.25) is 0 Å². The predicted octanol–water partition coefficient (Wildman–Crippen LogP) is 1.02. The summed E-state index contributed by atoms with van der Waals surface area (Å²) >= 11 is 0. The van der Waals surface area contributed by atoms with Crippen molar-refractivity contribution < 1.29 is 9.53 Å². The maximum atomic E-state index is 13.2.